The summed E-state index contributed by atoms with van der Waals surface area (Å²) in [7, 11) is 3.70. The molecule has 2 aliphatic carbocycles. The normalized spacial score (nSPS) is 35.9. The first kappa shape index (κ1) is 21.6. The van der Waals surface area contributed by atoms with Crippen molar-refractivity contribution < 1.29 is 19.4 Å². The lowest BCUT2D eigenvalue weighted by atomic mass is 9.49. The van der Waals surface area contributed by atoms with Gasteiger partial charge >= 0.3 is 0 Å². The Morgan fingerprint density at radius 3 is 2.69 bits per heavy atom. The van der Waals surface area contributed by atoms with Crippen molar-refractivity contribution in [2.24, 2.45) is 0 Å². The van der Waals surface area contributed by atoms with Crippen LogP contribution in [0, 0.1) is 0 Å². The fourth-order valence-corrected chi connectivity index (χ4v) is 5.69. The maximum atomic E-state index is 12.7. The lowest BCUT2D eigenvalue weighted by molar-refractivity contribution is -0.185. The Morgan fingerprint density at radius 2 is 2.00 bits per heavy atom. The van der Waals surface area contributed by atoms with Gasteiger partial charge in [-0.05, 0) is 44.5 Å². The van der Waals surface area contributed by atoms with Gasteiger partial charge in [0.1, 0.15) is 0 Å². The Hall–Kier alpha value is -0.720. The van der Waals surface area contributed by atoms with Crippen LogP contribution in [0.15, 0.2) is 12.1 Å². The van der Waals surface area contributed by atoms with E-state index >= 15 is 0 Å². The highest BCUT2D eigenvalue weighted by atomic mass is 35.5. The number of Topliss-reactive ketones (excluding diaryl/α,β-unsaturated/α-hetero) is 1. The summed E-state index contributed by atoms with van der Waals surface area (Å²) in [5, 5.41) is 11.7. The van der Waals surface area contributed by atoms with Crippen LogP contribution in [0.25, 0.3) is 0 Å². The van der Waals surface area contributed by atoms with E-state index in [1.807, 2.05) is 6.07 Å². The van der Waals surface area contributed by atoms with Crippen molar-refractivity contribution in [2.45, 2.75) is 48.8 Å². The number of hydrogen-bond acceptors (Lipinski definition) is 5. The predicted molar refractivity (Wildman–Crippen MR) is 105 cm³/mol. The average Bonchev–Trinajstić information content (AvgIpc) is 2.90. The van der Waals surface area contributed by atoms with Gasteiger partial charge in [0.15, 0.2) is 23.4 Å². The van der Waals surface area contributed by atoms with Gasteiger partial charge in [-0.3, -0.25) is 4.79 Å². The van der Waals surface area contributed by atoms with Gasteiger partial charge in [0.05, 0.1) is 18.1 Å². The molecule has 2 fully saturated rings. The van der Waals surface area contributed by atoms with Crippen LogP contribution in [0.2, 0.25) is 0 Å². The number of ketones is 1. The van der Waals surface area contributed by atoms with E-state index in [1.54, 1.807) is 7.11 Å². The average molecular weight is 425 g/mol. The van der Waals surface area contributed by atoms with E-state index in [0.717, 1.165) is 24.9 Å². The molecule has 4 atom stereocenters. The molecule has 5 nitrogen and oxygen atoms in total. The third-order valence-electron chi connectivity index (χ3n) is 6.73. The summed E-state index contributed by atoms with van der Waals surface area (Å²) < 4.78 is 11.6. The smallest absolute Gasteiger partial charge is 0.174 e. The van der Waals surface area contributed by atoms with Crippen molar-refractivity contribution in [3.05, 3.63) is 23.3 Å². The number of nitrogens with zero attached hydrogens (tertiary/aromatic N) is 1. The second-order valence-electron chi connectivity index (χ2n) is 7.44. The van der Waals surface area contributed by atoms with Crippen LogP contribution in [-0.2, 0) is 16.6 Å². The zero-order valence-corrected chi connectivity index (χ0v) is 17.1. The molecule has 2 aliphatic heterocycles. The Labute approximate surface area is 171 Å². The third-order valence-corrected chi connectivity index (χ3v) is 6.73. The van der Waals surface area contributed by atoms with E-state index in [4.69, 9.17) is 9.47 Å². The molecule has 2 heterocycles. The van der Waals surface area contributed by atoms with Gasteiger partial charge in [-0.1, -0.05) is 6.07 Å². The van der Waals surface area contributed by atoms with E-state index in [0.29, 0.717) is 24.3 Å². The zero-order chi connectivity index (χ0) is 16.0. The van der Waals surface area contributed by atoms with Gasteiger partial charge in [0.2, 0.25) is 0 Å². The molecule has 8 heteroatoms. The number of hydrogen-bond donors (Lipinski definition) is 1. The molecule has 1 saturated carbocycles. The number of methoxy groups -OCH3 is 1. The number of aliphatic hydroxyl groups is 1. The van der Waals surface area contributed by atoms with E-state index in [1.165, 1.54) is 5.56 Å². The number of carbonyl (C=O) groups is 1. The highest BCUT2D eigenvalue weighted by Crippen LogP contribution is 2.64. The number of ether oxygens (including phenoxy) is 2. The summed E-state index contributed by atoms with van der Waals surface area (Å²) in [5.41, 5.74) is 0.737. The summed E-state index contributed by atoms with van der Waals surface area (Å²) in [5.74, 6) is 1.47. The van der Waals surface area contributed by atoms with Crippen LogP contribution in [0.1, 0.15) is 30.4 Å². The summed E-state index contributed by atoms with van der Waals surface area (Å²) in [4.78, 5) is 14.9. The van der Waals surface area contributed by atoms with Crippen LogP contribution < -0.4 is 9.47 Å². The molecule has 146 valence electrons. The number of carbonyl (C=O) groups excluding carboxylic acids is 1. The molecule has 0 radical (unpaired) electrons. The first-order valence-electron chi connectivity index (χ1n) is 8.35. The van der Waals surface area contributed by atoms with Crippen LogP contribution in [0.5, 0.6) is 11.5 Å². The molecule has 0 aromatic heterocycles. The highest BCUT2D eigenvalue weighted by Gasteiger charge is 2.72. The molecule has 1 aromatic rings. The quantitative estimate of drug-likeness (QED) is 0.750. The molecule has 1 spiro atoms. The molecule has 1 saturated heterocycles. The van der Waals surface area contributed by atoms with Crippen LogP contribution >= 0.6 is 37.2 Å². The standard InChI is InChI=1S/C18H21NO4.3ClH/c1-19-8-7-17-14-10-3-4-12(22-2)15(14)23-16(17)11(20)5-6-18(17,21)13(19)9-10;;;/h3-4,13,16,21H,5-9H2,1-2H3;3*1H/t13-,16+,17+,18-;;;/m1.../s1. The summed E-state index contributed by atoms with van der Waals surface area (Å²) in [6.45, 7) is 0.871. The maximum absolute atomic E-state index is 12.7. The fourth-order valence-electron chi connectivity index (χ4n) is 5.69. The number of likely N-dealkylation sites (N-methyl/N-ethyl adjacent to an activating group) is 1. The van der Waals surface area contributed by atoms with Crippen molar-refractivity contribution in [2.75, 3.05) is 20.7 Å². The van der Waals surface area contributed by atoms with Crippen LogP contribution in [0.4, 0.5) is 0 Å². The van der Waals surface area contributed by atoms with Crippen molar-refractivity contribution in [1.29, 1.82) is 0 Å². The summed E-state index contributed by atoms with van der Waals surface area (Å²) in [6.07, 6.45) is 1.89. The molecule has 1 aromatic carbocycles. The number of likely N-dealkylation sites (tertiary alicyclic amines) is 1. The molecule has 26 heavy (non-hydrogen) atoms. The first-order valence-corrected chi connectivity index (χ1v) is 8.35. The summed E-state index contributed by atoms with van der Waals surface area (Å²) in [6, 6.07) is 4.05. The van der Waals surface area contributed by atoms with Crippen LogP contribution in [-0.4, -0.2) is 54.2 Å². The van der Waals surface area contributed by atoms with E-state index < -0.39 is 17.1 Å². The molecule has 0 amide bonds. The highest BCUT2D eigenvalue weighted by molar-refractivity contribution is 5.90. The molecule has 1 N–H and O–H groups in total. The van der Waals surface area contributed by atoms with Gasteiger partial charge in [-0.25, -0.2) is 0 Å². The minimum Gasteiger partial charge on any atom is -0.493 e. The lowest BCUT2D eigenvalue weighted by Crippen LogP contribution is -2.76. The van der Waals surface area contributed by atoms with Crippen LogP contribution in [0.3, 0.4) is 0 Å². The third kappa shape index (κ3) is 2.15. The largest absolute Gasteiger partial charge is 0.493 e. The van der Waals surface area contributed by atoms with Gasteiger partial charge in [-0.15, -0.1) is 37.2 Å². The predicted octanol–water partition coefficient (Wildman–Crippen LogP) is 2.31. The molecule has 5 rings (SSSR count). The SMILES string of the molecule is COc1ccc2c3c1O[C@H]1C(=O)CC[C@@]4(O)[C@@H](C2)N(C)CC[C@]314.Cl.Cl.Cl. The lowest BCUT2D eigenvalue weighted by Gasteiger charge is -2.62. The number of rotatable bonds is 1. The molecule has 4 aliphatic rings. The molecular formula is C18H24Cl3NO4. The Morgan fingerprint density at radius 1 is 1.27 bits per heavy atom. The molecule has 2 bridgehead atoms. The number of piperidine rings is 1. The second-order valence-corrected chi connectivity index (χ2v) is 7.44. The number of benzene rings is 1. The van der Waals surface area contributed by atoms with Gasteiger partial charge in [0, 0.05) is 18.0 Å². The van der Waals surface area contributed by atoms with E-state index in [2.05, 4.69) is 18.0 Å². The molecule has 0 unspecified atom stereocenters. The van der Waals surface area contributed by atoms with Crippen molar-refractivity contribution >= 4 is 43.0 Å². The van der Waals surface area contributed by atoms with Gasteiger partial charge in [0.25, 0.3) is 0 Å². The summed E-state index contributed by atoms with van der Waals surface area (Å²) >= 11 is 0. The Balaban J connectivity index is 0.000000810. The van der Waals surface area contributed by atoms with Gasteiger partial charge in [-0.2, -0.15) is 0 Å². The van der Waals surface area contributed by atoms with E-state index in [9.17, 15) is 9.90 Å². The molecular weight excluding hydrogens is 401 g/mol. The first-order chi connectivity index (χ1) is 11.0. The van der Waals surface area contributed by atoms with Crippen molar-refractivity contribution in [1.82, 2.24) is 4.90 Å². The van der Waals surface area contributed by atoms with Crippen molar-refractivity contribution in [3.8, 4) is 11.5 Å². The minimum absolute atomic E-state index is 0. The number of halogens is 3. The minimum atomic E-state index is -0.900. The van der Waals surface area contributed by atoms with Crippen molar-refractivity contribution in [3.63, 3.8) is 0 Å². The Kier molecular flexibility index (Phi) is 5.57. The zero-order valence-electron chi connectivity index (χ0n) is 14.7. The second kappa shape index (κ2) is 6.71. The van der Waals surface area contributed by atoms with E-state index in [-0.39, 0.29) is 49.0 Å². The Bertz CT molecular complexity index is 745. The van der Waals surface area contributed by atoms with Gasteiger partial charge < -0.3 is 19.5 Å². The monoisotopic (exact) mass is 423 g/mol. The fraction of sp³-hybridized carbons (Fsp3) is 0.611. The topological polar surface area (TPSA) is 59.0 Å². The maximum Gasteiger partial charge on any atom is 0.174 e.